The Hall–Kier alpha value is -1.80. The number of nitrogens with one attached hydrogen (secondary N) is 1. The van der Waals surface area contributed by atoms with Gasteiger partial charge < -0.3 is 10.1 Å². The first-order valence-electron chi connectivity index (χ1n) is 7.82. The molecule has 0 fully saturated rings. The number of hydrogen-bond acceptors (Lipinski definition) is 2. The molecule has 0 aliphatic rings. The number of benzene rings is 2. The van der Waals surface area contributed by atoms with Gasteiger partial charge in [-0.15, -0.1) is 0 Å². The van der Waals surface area contributed by atoms with Gasteiger partial charge in [0.05, 0.1) is 0 Å². The minimum atomic E-state index is 0.620. The molecule has 0 atom stereocenters. The summed E-state index contributed by atoms with van der Waals surface area (Å²) in [6.07, 6.45) is 2.22. The van der Waals surface area contributed by atoms with Crippen LogP contribution in [0.3, 0.4) is 0 Å². The topological polar surface area (TPSA) is 21.3 Å². The van der Waals surface area contributed by atoms with Gasteiger partial charge in [-0.05, 0) is 48.2 Å². The lowest BCUT2D eigenvalue weighted by molar-refractivity contribution is 0.304. The van der Waals surface area contributed by atoms with Gasteiger partial charge in [-0.2, -0.15) is 0 Å². The second-order valence-corrected chi connectivity index (χ2v) is 5.23. The van der Waals surface area contributed by atoms with E-state index in [9.17, 15) is 0 Å². The lowest BCUT2D eigenvalue weighted by Crippen LogP contribution is -2.15. The van der Waals surface area contributed by atoms with Gasteiger partial charge in [0.15, 0.2) is 0 Å². The van der Waals surface area contributed by atoms with Crippen molar-refractivity contribution in [2.45, 2.75) is 39.8 Å². The second-order valence-electron chi connectivity index (χ2n) is 5.23. The molecule has 2 nitrogen and oxygen atoms in total. The molecular weight excluding hydrogens is 258 g/mol. The first kappa shape index (κ1) is 15.6. The number of ether oxygens (including phenoxy) is 1. The van der Waals surface area contributed by atoms with E-state index in [1.54, 1.807) is 0 Å². The van der Waals surface area contributed by atoms with E-state index >= 15 is 0 Å². The molecule has 0 bridgehead atoms. The Morgan fingerprint density at radius 1 is 0.905 bits per heavy atom. The highest BCUT2D eigenvalue weighted by molar-refractivity contribution is 5.30. The average molecular weight is 283 g/mol. The van der Waals surface area contributed by atoms with E-state index in [0.717, 1.165) is 31.7 Å². The van der Waals surface area contributed by atoms with Crippen molar-refractivity contribution in [3.05, 3.63) is 65.2 Å². The van der Waals surface area contributed by atoms with Crippen LogP contribution in [-0.2, 0) is 19.6 Å². The van der Waals surface area contributed by atoms with Gasteiger partial charge in [0, 0.05) is 6.54 Å². The van der Waals surface area contributed by atoms with Crippen LogP contribution in [0.15, 0.2) is 48.5 Å². The van der Waals surface area contributed by atoms with Crippen molar-refractivity contribution in [3.63, 3.8) is 0 Å². The van der Waals surface area contributed by atoms with Gasteiger partial charge in [0.1, 0.15) is 12.4 Å². The molecule has 1 N–H and O–H groups in total. The molecule has 0 spiro atoms. The third kappa shape index (κ3) is 4.91. The zero-order chi connectivity index (χ0) is 14.9. The molecule has 0 saturated heterocycles. The summed E-state index contributed by atoms with van der Waals surface area (Å²) in [4.78, 5) is 0. The Morgan fingerprint density at radius 3 is 2.29 bits per heavy atom. The van der Waals surface area contributed by atoms with Crippen LogP contribution in [0.25, 0.3) is 0 Å². The van der Waals surface area contributed by atoms with Gasteiger partial charge >= 0.3 is 0 Å². The molecule has 0 unspecified atom stereocenters. The van der Waals surface area contributed by atoms with Crippen LogP contribution < -0.4 is 10.1 Å². The Bertz CT molecular complexity index is 534. The van der Waals surface area contributed by atoms with Crippen molar-refractivity contribution in [2.24, 2.45) is 0 Å². The van der Waals surface area contributed by atoms with Crippen LogP contribution in [0, 0.1) is 0 Å². The van der Waals surface area contributed by atoms with E-state index in [2.05, 4.69) is 67.7 Å². The zero-order valence-electron chi connectivity index (χ0n) is 13.1. The lowest BCUT2D eigenvalue weighted by atomic mass is 10.1. The minimum absolute atomic E-state index is 0.620. The summed E-state index contributed by atoms with van der Waals surface area (Å²) in [6.45, 7) is 6.92. The molecule has 21 heavy (non-hydrogen) atoms. The highest BCUT2D eigenvalue weighted by Crippen LogP contribution is 2.16. The van der Waals surface area contributed by atoms with Crippen LogP contribution >= 0.6 is 0 Å². The summed E-state index contributed by atoms with van der Waals surface area (Å²) < 4.78 is 5.91. The van der Waals surface area contributed by atoms with E-state index < -0.39 is 0 Å². The maximum Gasteiger partial charge on any atom is 0.119 e. The van der Waals surface area contributed by atoms with Gasteiger partial charge in [-0.3, -0.25) is 0 Å². The summed E-state index contributed by atoms with van der Waals surface area (Å²) in [5.41, 5.74) is 3.91. The molecule has 2 aromatic carbocycles. The molecule has 0 aliphatic heterocycles. The van der Waals surface area contributed by atoms with Crippen LogP contribution in [0.5, 0.6) is 5.75 Å². The van der Waals surface area contributed by atoms with Crippen LogP contribution in [0.2, 0.25) is 0 Å². The summed E-state index contributed by atoms with van der Waals surface area (Å²) in [6, 6.07) is 16.8. The van der Waals surface area contributed by atoms with E-state index in [1.165, 1.54) is 16.7 Å². The molecule has 2 heteroatoms. The molecule has 0 aliphatic carbocycles. The van der Waals surface area contributed by atoms with Crippen molar-refractivity contribution < 1.29 is 4.74 Å². The minimum Gasteiger partial charge on any atom is -0.489 e. The van der Waals surface area contributed by atoms with Crippen LogP contribution in [-0.4, -0.2) is 6.54 Å². The van der Waals surface area contributed by atoms with Gasteiger partial charge in [-0.25, -0.2) is 0 Å². The van der Waals surface area contributed by atoms with E-state index in [0.29, 0.717) is 6.61 Å². The largest absolute Gasteiger partial charge is 0.489 e. The molecule has 2 aromatic rings. The lowest BCUT2D eigenvalue weighted by Gasteiger charge is -2.12. The predicted molar refractivity (Wildman–Crippen MR) is 88.6 cm³/mol. The van der Waals surface area contributed by atoms with E-state index in [1.807, 2.05) is 0 Å². The molecule has 2 rings (SSSR count). The summed E-state index contributed by atoms with van der Waals surface area (Å²) in [7, 11) is 0. The van der Waals surface area contributed by atoms with Crippen molar-refractivity contribution in [1.29, 1.82) is 0 Å². The molecule has 0 radical (unpaired) electrons. The average Bonchev–Trinajstić information content (AvgIpc) is 2.54. The molecule has 112 valence electrons. The smallest absolute Gasteiger partial charge is 0.119 e. The van der Waals surface area contributed by atoms with Gasteiger partial charge in [0.25, 0.3) is 0 Å². The van der Waals surface area contributed by atoms with E-state index in [4.69, 9.17) is 4.74 Å². The summed E-state index contributed by atoms with van der Waals surface area (Å²) in [5, 5.41) is 3.45. The first-order valence-corrected chi connectivity index (χ1v) is 7.82. The Balaban J connectivity index is 1.95. The van der Waals surface area contributed by atoms with Crippen molar-refractivity contribution >= 4 is 0 Å². The monoisotopic (exact) mass is 283 g/mol. The fourth-order valence-corrected chi connectivity index (χ4v) is 2.25. The summed E-state index contributed by atoms with van der Waals surface area (Å²) >= 11 is 0. The fourth-order valence-electron chi connectivity index (χ4n) is 2.25. The summed E-state index contributed by atoms with van der Waals surface area (Å²) in [5.74, 6) is 0.934. The molecule has 0 heterocycles. The van der Waals surface area contributed by atoms with Crippen molar-refractivity contribution in [1.82, 2.24) is 5.32 Å². The highest BCUT2D eigenvalue weighted by atomic mass is 16.5. The SMILES string of the molecule is CCCNCc1ccccc1COc1ccc(CC)cc1. The highest BCUT2D eigenvalue weighted by Gasteiger charge is 2.02. The molecular formula is C19H25NO. The quantitative estimate of drug-likeness (QED) is 0.728. The number of rotatable bonds is 8. The maximum atomic E-state index is 5.91. The number of hydrogen-bond donors (Lipinski definition) is 1. The third-order valence-corrected chi connectivity index (χ3v) is 3.59. The zero-order valence-corrected chi connectivity index (χ0v) is 13.1. The fraction of sp³-hybridized carbons (Fsp3) is 0.368. The Labute approximate surface area is 128 Å². The normalized spacial score (nSPS) is 10.6. The van der Waals surface area contributed by atoms with Crippen LogP contribution in [0.1, 0.15) is 37.0 Å². The molecule has 0 aromatic heterocycles. The van der Waals surface area contributed by atoms with E-state index in [-0.39, 0.29) is 0 Å². The molecule has 0 saturated carbocycles. The van der Waals surface area contributed by atoms with Crippen molar-refractivity contribution in [2.75, 3.05) is 6.54 Å². The molecule has 0 amide bonds. The second kappa shape index (κ2) is 8.48. The third-order valence-electron chi connectivity index (χ3n) is 3.59. The van der Waals surface area contributed by atoms with Gasteiger partial charge in [-0.1, -0.05) is 50.2 Å². The first-order chi connectivity index (χ1) is 10.3. The predicted octanol–water partition coefficient (Wildman–Crippen LogP) is 4.33. The van der Waals surface area contributed by atoms with Gasteiger partial charge in [0.2, 0.25) is 0 Å². The van der Waals surface area contributed by atoms with Crippen LogP contribution in [0.4, 0.5) is 0 Å². The van der Waals surface area contributed by atoms with Crippen molar-refractivity contribution in [3.8, 4) is 5.75 Å². The standard InChI is InChI=1S/C19H25NO/c1-3-13-20-14-17-7-5-6-8-18(17)15-21-19-11-9-16(4-2)10-12-19/h5-12,20H,3-4,13-15H2,1-2H3. The Morgan fingerprint density at radius 2 is 1.62 bits per heavy atom. The number of aryl methyl sites for hydroxylation is 1. The Kier molecular flexibility index (Phi) is 6.29. The maximum absolute atomic E-state index is 5.91.